The first-order valence-electron chi connectivity index (χ1n) is 15.3. The van der Waals surface area contributed by atoms with Crippen molar-refractivity contribution in [3.8, 4) is 0 Å². The Labute approximate surface area is 253 Å². The van der Waals surface area contributed by atoms with Crippen LogP contribution < -0.4 is 10.2 Å². The van der Waals surface area contributed by atoms with Crippen molar-refractivity contribution in [2.75, 3.05) is 4.90 Å². The number of aryl methyl sites for hydroxylation is 3. The van der Waals surface area contributed by atoms with Gasteiger partial charge in [-0.05, 0) is 87.4 Å². The van der Waals surface area contributed by atoms with Gasteiger partial charge in [-0.3, -0.25) is 9.78 Å². The predicted molar refractivity (Wildman–Crippen MR) is 170 cm³/mol. The molecule has 3 aromatic heterocycles. The fraction of sp³-hybridized carbons (Fsp3) is 0.343. The van der Waals surface area contributed by atoms with E-state index in [4.69, 9.17) is 9.97 Å². The number of para-hydroxylation sites is 2. The molecular weight excluding hydrogens is 534 g/mol. The molecule has 0 spiro atoms. The molecule has 1 aliphatic rings. The molecule has 220 valence electrons. The molecule has 3 heterocycles. The van der Waals surface area contributed by atoms with E-state index in [1.165, 1.54) is 11.9 Å². The molecule has 1 unspecified atom stereocenters. The Kier molecular flexibility index (Phi) is 7.93. The van der Waals surface area contributed by atoms with Gasteiger partial charge in [0.2, 0.25) is 0 Å². The molecule has 5 aromatic rings. The van der Waals surface area contributed by atoms with E-state index in [0.29, 0.717) is 23.5 Å². The monoisotopic (exact) mass is 573 g/mol. The number of imidazole rings is 1. The second-order valence-corrected chi connectivity index (χ2v) is 11.5. The average Bonchev–Trinajstić information content (AvgIpc) is 3.45. The molecular formula is C35H39N7O. The second kappa shape index (κ2) is 12.0. The van der Waals surface area contributed by atoms with Crippen LogP contribution in [0.2, 0.25) is 0 Å². The number of aromatic nitrogens is 5. The third-order valence-electron chi connectivity index (χ3n) is 9.07. The number of aromatic amines is 1. The largest absolute Gasteiger partial charge is 0.355 e. The van der Waals surface area contributed by atoms with Crippen LogP contribution in [0.15, 0.2) is 73.2 Å². The third kappa shape index (κ3) is 5.49. The van der Waals surface area contributed by atoms with E-state index in [0.717, 1.165) is 65.9 Å². The van der Waals surface area contributed by atoms with Crippen LogP contribution in [-0.4, -0.2) is 30.8 Å². The molecule has 2 N–H and O–H groups in total. The molecule has 0 saturated heterocycles. The minimum Gasteiger partial charge on any atom is -0.355 e. The van der Waals surface area contributed by atoms with E-state index in [2.05, 4.69) is 75.4 Å². The van der Waals surface area contributed by atoms with Crippen LogP contribution in [0.5, 0.6) is 0 Å². The van der Waals surface area contributed by atoms with Gasteiger partial charge in [-0.25, -0.2) is 15.0 Å². The molecule has 0 radical (unpaired) electrons. The summed E-state index contributed by atoms with van der Waals surface area (Å²) >= 11 is 0. The maximum absolute atomic E-state index is 13.6. The number of carbonyl (C=O) groups excluding carboxylic acids is 1. The van der Waals surface area contributed by atoms with E-state index in [9.17, 15) is 4.79 Å². The highest BCUT2D eigenvalue weighted by Gasteiger charge is 2.33. The van der Waals surface area contributed by atoms with Crippen LogP contribution in [-0.2, 0) is 18.5 Å². The molecule has 0 fully saturated rings. The van der Waals surface area contributed by atoms with Crippen LogP contribution in [0.4, 0.5) is 5.69 Å². The van der Waals surface area contributed by atoms with Gasteiger partial charge in [0, 0.05) is 11.9 Å². The highest BCUT2D eigenvalue weighted by molar-refractivity contribution is 5.96. The lowest BCUT2D eigenvalue weighted by Gasteiger charge is -2.37. The summed E-state index contributed by atoms with van der Waals surface area (Å²) in [4.78, 5) is 37.8. The fourth-order valence-corrected chi connectivity index (χ4v) is 6.59. The SMILES string of the molecule is CCC(CC)(NC(=O)c1c(C)ncnc1C)c1ccc(N(Cc2nc3ccccc3[nH]2)C2CCCc3cccnc32)cc1. The summed E-state index contributed by atoms with van der Waals surface area (Å²) in [6.45, 7) is 8.58. The number of nitrogens with zero attached hydrogens (tertiary/aromatic N) is 5. The molecule has 43 heavy (non-hydrogen) atoms. The third-order valence-corrected chi connectivity index (χ3v) is 9.07. The van der Waals surface area contributed by atoms with Gasteiger partial charge in [-0.1, -0.05) is 44.2 Å². The summed E-state index contributed by atoms with van der Waals surface area (Å²) in [6.07, 6.45) is 8.10. The van der Waals surface area contributed by atoms with Gasteiger partial charge in [0.1, 0.15) is 12.2 Å². The summed E-state index contributed by atoms with van der Waals surface area (Å²) < 4.78 is 0. The minimum atomic E-state index is -0.521. The minimum absolute atomic E-state index is 0.134. The van der Waals surface area contributed by atoms with Crippen LogP contribution in [0.1, 0.15) is 90.0 Å². The van der Waals surface area contributed by atoms with E-state index in [1.807, 2.05) is 44.3 Å². The Morgan fingerprint density at radius 2 is 1.72 bits per heavy atom. The number of benzene rings is 2. The molecule has 1 atom stereocenters. The van der Waals surface area contributed by atoms with Crippen molar-refractivity contribution in [1.29, 1.82) is 0 Å². The summed E-state index contributed by atoms with van der Waals surface area (Å²) in [5.74, 6) is 0.785. The molecule has 1 aliphatic carbocycles. The molecule has 1 amide bonds. The second-order valence-electron chi connectivity index (χ2n) is 11.5. The highest BCUT2D eigenvalue weighted by atomic mass is 16.1. The van der Waals surface area contributed by atoms with Gasteiger partial charge in [0.15, 0.2) is 0 Å². The maximum Gasteiger partial charge on any atom is 0.255 e. The normalized spacial score (nSPS) is 14.8. The van der Waals surface area contributed by atoms with Crippen molar-refractivity contribution in [2.45, 2.75) is 77.9 Å². The van der Waals surface area contributed by atoms with Crippen LogP contribution in [0.3, 0.4) is 0 Å². The number of H-pyrrole nitrogens is 1. The summed E-state index contributed by atoms with van der Waals surface area (Å²) in [5, 5.41) is 3.37. The molecule has 2 aromatic carbocycles. The molecule has 8 nitrogen and oxygen atoms in total. The van der Waals surface area contributed by atoms with Gasteiger partial charge in [0.25, 0.3) is 5.91 Å². The topological polar surface area (TPSA) is 99.7 Å². The van der Waals surface area contributed by atoms with Gasteiger partial charge >= 0.3 is 0 Å². The van der Waals surface area contributed by atoms with Crippen molar-refractivity contribution in [3.05, 3.63) is 113 Å². The Bertz CT molecular complexity index is 1690. The zero-order valence-corrected chi connectivity index (χ0v) is 25.4. The molecule has 0 bridgehead atoms. The number of fused-ring (bicyclic) bond motifs is 2. The van der Waals surface area contributed by atoms with E-state index < -0.39 is 5.54 Å². The van der Waals surface area contributed by atoms with Crippen LogP contribution in [0.25, 0.3) is 11.0 Å². The number of hydrogen-bond acceptors (Lipinski definition) is 6. The Morgan fingerprint density at radius 3 is 2.44 bits per heavy atom. The Morgan fingerprint density at radius 1 is 0.977 bits per heavy atom. The fourth-order valence-electron chi connectivity index (χ4n) is 6.59. The lowest BCUT2D eigenvalue weighted by atomic mass is 9.84. The first-order valence-corrected chi connectivity index (χ1v) is 15.3. The quantitative estimate of drug-likeness (QED) is 0.199. The zero-order valence-electron chi connectivity index (χ0n) is 25.4. The summed E-state index contributed by atoms with van der Waals surface area (Å²) in [6, 6.07) is 21.2. The van der Waals surface area contributed by atoms with E-state index in [1.54, 1.807) is 0 Å². The molecule has 8 heteroatoms. The Hall–Kier alpha value is -4.59. The molecule has 0 aliphatic heterocycles. The zero-order chi connectivity index (χ0) is 30.0. The number of rotatable bonds is 9. The lowest BCUT2D eigenvalue weighted by molar-refractivity contribution is 0.0887. The van der Waals surface area contributed by atoms with E-state index >= 15 is 0 Å². The standard InChI is InChI=1S/C35H39N7O/c1-5-35(6-2,41-34(43)32-23(3)37-22-38-24(32)4)26-16-18-27(19-17-26)42(21-31-39-28-13-7-8-14-29(28)40-31)30-15-9-11-25-12-10-20-36-33(25)30/h7-8,10,12-14,16-20,22,30H,5-6,9,11,15,21H2,1-4H3,(H,39,40)(H,41,43). The van der Waals surface area contributed by atoms with Crippen molar-refractivity contribution in [1.82, 2.24) is 30.2 Å². The Balaban J connectivity index is 1.35. The average molecular weight is 574 g/mol. The van der Waals surface area contributed by atoms with Gasteiger partial charge in [-0.15, -0.1) is 0 Å². The predicted octanol–water partition coefficient (Wildman–Crippen LogP) is 6.89. The van der Waals surface area contributed by atoms with Crippen molar-refractivity contribution >= 4 is 22.6 Å². The first-order chi connectivity index (χ1) is 20.9. The van der Waals surface area contributed by atoms with Crippen molar-refractivity contribution in [3.63, 3.8) is 0 Å². The van der Waals surface area contributed by atoms with E-state index in [-0.39, 0.29) is 11.9 Å². The number of anilines is 1. The lowest BCUT2D eigenvalue weighted by Crippen LogP contribution is -2.45. The molecule has 0 saturated carbocycles. The number of hydrogen-bond donors (Lipinski definition) is 2. The van der Waals surface area contributed by atoms with Crippen LogP contribution in [0, 0.1) is 13.8 Å². The first kappa shape index (κ1) is 28.5. The van der Waals surface area contributed by atoms with Gasteiger partial charge < -0.3 is 15.2 Å². The smallest absolute Gasteiger partial charge is 0.255 e. The van der Waals surface area contributed by atoms with Gasteiger partial charge in [0.05, 0.1) is 51.8 Å². The van der Waals surface area contributed by atoms with Crippen molar-refractivity contribution < 1.29 is 4.79 Å². The number of nitrogens with one attached hydrogen (secondary N) is 2. The van der Waals surface area contributed by atoms with Crippen molar-refractivity contribution in [2.24, 2.45) is 0 Å². The molecule has 6 rings (SSSR count). The van der Waals surface area contributed by atoms with Gasteiger partial charge in [-0.2, -0.15) is 0 Å². The maximum atomic E-state index is 13.6. The number of carbonyl (C=O) groups is 1. The number of amides is 1. The van der Waals surface area contributed by atoms with Crippen LogP contribution >= 0.6 is 0 Å². The highest BCUT2D eigenvalue weighted by Crippen LogP contribution is 2.38. The number of pyridine rings is 1. The summed E-state index contributed by atoms with van der Waals surface area (Å²) in [5.41, 5.74) is 8.04. The summed E-state index contributed by atoms with van der Waals surface area (Å²) in [7, 11) is 0.